The number of hydrogen-bond donors (Lipinski definition) is 3. The SMILES string of the molecule is CO[C@@H]1C(CO)OC(C)[C@@H](NC(C)=O)[C@H]1O. The summed E-state index contributed by atoms with van der Waals surface area (Å²) in [5.41, 5.74) is 0. The number of methoxy groups -OCH3 is 1. The predicted molar refractivity (Wildman–Crippen MR) is 55.8 cm³/mol. The van der Waals surface area contributed by atoms with Gasteiger partial charge in [-0.05, 0) is 6.92 Å². The van der Waals surface area contributed by atoms with Crippen LogP contribution in [0, 0.1) is 0 Å². The molecule has 1 amide bonds. The Hall–Kier alpha value is -0.690. The molecule has 0 radical (unpaired) electrons. The van der Waals surface area contributed by atoms with Crippen molar-refractivity contribution in [3.05, 3.63) is 0 Å². The van der Waals surface area contributed by atoms with Crippen LogP contribution in [0.1, 0.15) is 13.8 Å². The monoisotopic (exact) mass is 233 g/mol. The first-order valence-corrected chi connectivity index (χ1v) is 5.25. The minimum Gasteiger partial charge on any atom is -0.394 e. The van der Waals surface area contributed by atoms with Crippen LogP contribution in [0.5, 0.6) is 0 Å². The van der Waals surface area contributed by atoms with Gasteiger partial charge >= 0.3 is 0 Å². The number of amides is 1. The summed E-state index contributed by atoms with van der Waals surface area (Å²) in [5.74, 6) is -0.239. The molecule has 1 saturated heterocycles. The van der Waals surface area contributed by atoms with Crippen LogP contribution in [0.3, 0.4) is 0 Å². The molecule has 0 bridgehead atoms. The van der Waals surface area contributed by atoms with Crippen molar-refractivity contribution >= 4 is 5.91 Å². The fourth-order valence-electron chi connectivity index (χ4n) is 2.02. The molecule has 3 N–H and O–H groups in total. The van der Waals surface area contributed by atoms with E-state index in [0.29, 0.717) is 0 Å². The number of aliphatic hydroxyl groups excluding tert-OH is 2. The second-order valence-electron chi connectivity index (χ2n) is 3.98. The van der Waals surface area contributed by atoms with Crippen molar-refractivity contribution in [2.45, 2.75) is 44.3 Å². The van der Waals surface area contributed by atoms with Gasteiger partial charge in [0, 0.05) is 14.0 Å². The summed E-state index contributed by atoms with van der Waals surface area (Å²) in [4.78, 5) is 11.0. The van der Waals surface area contributed by atoms with Crippen molar-refractivity contribution in [3.63, 3.8) is 0 Å². The molecule has 1 aliphatic heterocycles. The molecule has 0 aromatic carbocycles. The Morgan fingerprint density at radius 3 is 2.62 bits per heavy atom. The van der Waals surface area contributed by atoms with E-state index in [1.165, 1.54) is 14.0 Å². The number of nitrogens with one attached hydrogen (secondary N) is 1. The maximum absolute atomic E-state index is 11.0. The zero-order valence-corrected chi connectivity index (χ0v) is 9.71. The van der Waals surface area contributed by atoms with E-state index in [1.54, 1.807) is 6.92 Å². The van der Waals surface area contributed by atoms with E-state index < -0.39 is 24.4 Å². The first-order chi connectivity index (χ1) is 7.51. The van der Waals surface area contributed by atoms with Gasteiger partial charge in [-0.2, -0.15) is 0 Å². The third-order valence-corrected chi connectivity index (χ3v) is 2.79. The molecule has 0 aromatic rings. The maximum atomic E-state index is 11.0. The Morgan fingerprint density at radius 2 is 2.19 bits per heavy atom. The van der Waals surface area contributed by atoms with Gasteiger partial charge in [0.15, 0.2) is 0 Å². The molecule has 1 fully saturated rings. The van der Waals surface area contributed by atoms with Gasteiger partial charge in [0.05, 0.1) is 18.8 Å². The third-order valence-electron chi connectivity index (χ3n) is 2.79. The molecule has 2 unspecified atom stereocenters. The number of hydrogen-bond acceptors (Lipinski definition) is 5. The van der Waals surface area contributed by atoms with Crippen LogP contribution in [0.25, 0.3) is 0 Å². The molecule has 1 heterocycles. The first kappa shape index (κ1) is 13.4. The van der Waals surface area contributed by atoms with Crippen LogP contribution in [0.15, 0.2) is 0 Å². The molecule has 1 rings (SSSR count). The lowest BCUT2D eigenvalue weighted by atomic mass is 9.93. The maximum Gasteiger partial charge on any atom is 0.217 e. The quantitative estimate of drug-likeness (QED) is 0.561. The van der Waals surface area contributed by atoms with Crippen molar-refractivity contribution in [1.29, 1.82) is 0 Å². The zero-order valence-electron chi connectivity index (χ0n) is 9.71. The van der Waals surface area contributed by atoms with Gasteiger partial charge in [-0.15, -0.1) is 0 Å². The molecular weight excluding hydrogens is 214 g/mol. The van der Waals surface area contributed by atoms with Crippen molar-refractivity contribution in [3.8, 4) is 0 Å². The lowest BCUT2D eigenvalue weighted by Crippen LogP contribution is -2.63. The molecule has 16 heavy (non-hydrogen) atoms. The normalized spacial score (nSPS) is 39.4. The smallest absolute Gasteiger partial charge is 0.217 e. The van der Waals surface area contributed by atoms with Gasteiger partial charge in [0.1, 0.15) is 18.3 Å². The van der Waals surface area contributed by atoms with E-state index in [1.807, 2.05) is 0 Å². The van der Waals surface area contributed by atoms with E-state index in [0.717, 1.165) is 0 Å². The van der Waals surface area contributed by atoms with Gasteiger partial charge in [-0.25, -0.2) is 0 Å². The van der Waals surface area contributed by atoms with Gasteiger partial charge in [0.2, 0.25) is 5.91 Å². The van der Waals surface area contributed by atoms with Crippen molar-refractivity contribution in [1.82, 2.24) is 5.32 Å². The van der Waals surface area contributed by atoms with Crippen molar-refractivity contribution < 1.29 is 24.5 Å². The summed E-state index contributed by atoms with van der Waals surface area (Å²) >= 11 is 0. The lowest BCUT2D eigenvalue weighted by molar-refractivity contribution is -0.199. The molecule has 0 aromatic heterocycles. The van der Waals surface area contributed by atoms with E-state index in [-0.39, 0.29) is 18.6 Å². The largest absolute Gasteiger partial charge is 0.394 e. The topological polar surface area (TPSA) is 88.0 Å². The highest BCUT2D eigenvalue weighted by molar-refractivity contribution is 5.73. The fraction of sp³-hybridized carbons (Fsp3) is 0.900. The van der Waals surface area contributed by atoms with Crippen molar-refractivity contribution in [2.75, 3.05) is 13.7 Å². The number of rotatable bonds is 3. The number of ether oxygens (including phenoxy) is 2. The highest BCUT2D eigenvalue weighted by atomic mass is 16.6. The standard InChI is InChI=1S/C10H19NO5/c1-5-8(11-6(2)13)9(14)10(15-3)7(4-12)16-5/h5,7-10,12,14H,4H2,1-3H3,(H,11,13)/t5?,7?,8-,9-,10-/m1/s1. The molecule has 1 aliphatic rings. The summed E-state index contributed by atoms with van der Waals surface area (Å²) in [7, 11) is 1.43. The average molecular weight is 233 g/mol. The highest BCUT2D eigenvalue weighted by Gasteiger charge is 2.43. The Balaban J connectivity index is 2.76. The zero-order chi connectivity index (χ0) is 12.3. The minimum atomic E-state index is -0.894. The molecule has 6 nitrogen and oxygen atoms in total. The van der Waals surface area contributed by atoms with Crippen LogP contribution in [-0.2, 0) is 14.3 Å². The number of carbonyl (C=O) groups excluding carboxylic acids is 1. The summed E-state index contributed by atoms with van der Waals surface area (Å²) in [6.07, 6.45) is -2.48. The molecule has 6 heteroatoms. The van der Waals surface area contributed by atoms with Gasteiger partial charge in [0.25, 0.3) is 0 Å². The second kappa shape index (κ2) is 5.58. The summed E-state index contributed by atoms with van der Waals surface area (Å²) in [6, 6.07) is -0.523. The molecule has 5 atom stereocenters. The fourth-order valence-corrected chi connectivity index (χ4v) is 2.02. The van der Waals surface area contributed by atoms with Crippen LogP contribution < -0.4 is 5.32 Å². The van der Waals surface area contributed by atoms with E-state index >= 15 is 0 Å². The Bertz CT molecular complexity index is 247. The predicted octanol–water partition coefficient (Wildman–Crippen LogP) is -1.35. The minimum absolute atomic E-state index is 0.229. The molecule has 0 aliphatic carbocycles. The Morgan fingerprint density at radius 1 is 1.56 bits per heavy atom. The Labute approximate surface area is 94.5 Å². The highest BCUT2D eigenvalue weighted by Crippen LogP contribution is 2.22. The van der Waals surface area contributed by atoms with Gasteiger partial charge in [-0.1, -0.05) is 0 Å². The summed E-state index contributed by atoms with van der Waals surface area (Å²) in [6.45, 7) is 2.88. The first-order valence-electron chi connectivity index (χ1n) is 5.25. The van der Waals surface area contributed by atoms with Crippen LogP contribution in [-0.4, -0.2) is 60.3 Å². The van der Waals surface area contributed by atoms with Crippen LogP contribution in [0.2, 0.25) is 0 Å². The molecule has 94 valence electrons. The third kappa shape index (κ3) is 2.70. The van der Waals surface area contributed by atoms with E-state index in [4.69, 9.17) is 14.6 Å². The average Bonchev–Trinajstić information content (AvgIpc) is 2.23. The molecule has 0 saturated carbocycles. The number of aliphatic hydroxyl groups is 2. The van der Waals surface area contributed by atoms with E-state index in [2.05, 4.69) is 5.32 Å². The van der Waals surface area contributed by atoms with Crippen molar-refractivity contribution in [2.24, 2.45) is 0 Å². The van der Waals surface area contributed by atoms with Crippen LogP contribution in [0.4, 0.5) is 0 Å². The second-order valence-corrected chi connectivity index (χ2v) is 3.98. The van der Waals surface area contributed by atoms with Crippen LogP contribution >= 0.6 is 0 Å². The molecule has 0 spiro atoms. The summed E-state index contributed by atoms with van der Waals surface area (Å²) in [5, 5.41) is 21.7. The number of carbonyl (C=O) groups is 1. The molecular formula is C10H19NO5. The van der Waals surface area contributed by atoms with Gasteiger partial charge < -0.3 is 25.0 Å². The Kier molecular flexibility index (Phi) is 4.67. The van der Waals surface area contributed by atoms with Gasteiger partial charge in [-0.3, -0.25) is 4.79 Å². The summed E-state index contributed by atoms with van der Waals surface area (Å²) < 4.78 is 10.6. The lowest BCUT2D eigenvalue weighted by Gasteiger charge is -2.42. The van der Waals surface area contributed by atoms with E-state index in [9.17, 15) is 9.90 Å².